The Morgan fingerprint density at radius 2 is 1.73 bits per heavy atom. The van der Waals surface area contributed by atoms with E-state index in [-0.39, 0.29) is 35.6 Å². The first kappa shape index (κ1) is 17.3. The molecule has 0 aromatic heterocycles. The van der Waals surface area contributed by atoms with Crippen molar-refractivity contribution in [1.82, 2.24) is 0 Å². The summed E-state index contributed by atoms with van der Waals surface area (Å²) in [5, 5.41) is 0. The molecule has 0 aliphatic heterocycles. The standard InChI is InChI=1S/C8H11.2FH.Zr/c1-6-4-7(2)8(3)5-6;;;/h4,6H,1-3H3;2*1H;/q-1;;;. The molecular formula is C8H13F2Zr-. The van der Waals surface area contributed by atoms with Gasteiger partial charge in [0.25, 0.3) is 0 Å². The van der Waals surface area contributed by atoms with Crippen LogP contribution in [0.4, 0.5) is 9.41 Å². The van der Waals surface area contributed by atoms with Crippen LogP contribution in [0.25, 0.3) is 0 Å². The monoisotopic (exact) mass is 237 g/mol. The topological polar surface area (TPSA) is 0 Å². The third-order valence-electron chi connectivity index (χ3n) is 1.54. The van der Waals surface area contributed by atoms with Crippen LogP contribution in [0.1, 0.15) is 20.8 Å². The van der Waals surface area contributed by atoms with Gasteiger partial charge in [-0.3, -0.25) is 15.5 Å². The van der Waals surface area contributed by atoms with E-state index in [1.807, 2.05) is 0 Å². The molecule has 0 saturated carbocycles. The van der Waals surface area contributed by atoms with Crippen molar-refractivity contribution in [3.63, 3.8) is 0 Å². The first-order valence-electron chi connectivity index (χ1n) is 2.99. The average Bonchev–Trinajstić information content (AvgIpc) is 1.85. The summed E-state index contributed by atoms with van der Waals surface area (Å²) in [6.45, 7) is 6.39. The van der Waals surface area contributed by atoms with Crippen molar-refractivity contribution in [2.45, 2.75) is 20.8 Å². The van der Waals surface area contributed by atoms with Crippen LogP contribution >= 0.6 is 0 Å². The van der Waals surface area contributed by atoms with Gasteiger partial charge in [-0.05, 0) is 0 Å². The minimum atomic E-state index is 0. The van der Waals surface area contributed by atoms with Crippen molar-refractivity contribution in [2.75, 3.05) is 0 Å². The normalized spacial score (nSPS) is 20.1. The van der Waals surface area contributed by atoms with E-state index in [1.54, 1.807) is 0 Å². The molecule has 3 heteroatoms. The fourth-order valence-corrected chi connectivity index (χ4v) is 0.997. The number of rotatable bonds is 0. The van der Waals surface area contributed by atoms with Gasteiger partial charge >= 0.3 is 0 Å². The van der Waals surface area contributed by atoms with E-state index in [1.165, 1.54) is 11.1 Å². The maximum Gasteiger partial charge on any atom is 0 e. The smallest absolute Gasteiger partial charge is 0 e. The van der Waals surface area contributed by atoms with Crippen molar-refractivity contribution in [2.24, 2.45) is 5.92 Å². The Balaban J connectivity index is -0.000000213. The zero-order valence-electron chi connectivity index (χ0n) is 6.97. The molecular weight excluding hydrogens is 225 g/mol. The molecule has 0 spiro atoms. The maximum absolute atomic E-state index is 3.29. The minimum Gasteiger partial charge on any atom is -0.269 e. The molecule has 1 aliphatic carbocycles. The van der Waals surface area contributed by atoms with Crippen molar-refractivity contribution in [3.05, 3.63) is 23.3 Å². The van der Waals surface area contributed by atoms with Crippen molar-refractivity contribution in [3.8, 4) is 0 Å². The summed E-state index contributed by atoms with van der Waals surface area (Å²) in [5.74, 6) is 0.551. The van der Waals surface area contributed by atoms with Gasteiger partial charge in [-0.1, -0.05) is 19.8 Å². The molecule has 0 aromatic carbocycles. The first-order chi connectivity index (χ1) is 3.70. The molecule has 64 valence electrons. The van der Waals surface area contributed by atoms with Crippen LogP contribution in [-0.4, -0.2) is 0 Å². The van der Waals surface area contributed by atoms with Gasteiger partial charge in [-0.2, -0.15) is 6.08 Å². The molecule has 0 N–H and O–H groups in total. The third-order valence-corrected chi connectivity index (χ3v) is 1.54. The summed E-state index contributed by atoms with van der Waals surface area (Å²) in [5.41, 5.74) is 2.70. The van der Waals surface area contributed by atoms with E-state index in [2.05, 4.69) is 32.9 Å². The Bertz CT molecular complexity index is 143. The molecule has 0 amide bonds. The van der Waals surface area contributed by atoms with Crippen molar-refractivity contribution >= 4 is 0 Å². The van der Waals surface area contributed by atoms with Gasteiger partial charge in [-0.25, -0.2) is 11.1 Å². The molecule has 1 aliphatic rings. The predicted molar refractivity (Wildman–Crippen MR) is 40.4 cm³/mol. The van der Waals surface area contributed by atoms with Crippen molar-refractivity contribution < 1.29 is 35.6 Å². The average molecular weight is 238 g/mol. The van der Waals surface area contributed by atoms with E-state index in [0.29, 0.717) is 5.92 Å². The number of allylic oxidation sites excluding steroid dienone is 4. The molecule has 1 atom stereocenters. The van der Waals surface area contributed by atoms with Gasteiger partial charge in [0.05, 0.1) is 0 Å². The van der Waals surface area contributed by atoms with Crippen molar-refractivity contribution in [1.29, 1.82) is 0 Å². The predicted octanol–water partition coefficient (Wildman–Crippen LogP) is 2.63. The Hall–Kier alpha value is 0.223. The van der Waals surface area contributed by atoms with Gasteiger partial charge in [0.2, 0.25) is 0 Å². The molecule has 0 fully saturated rings. The first-order valence-corrected chi connectivity index (χ1v) is 2.99. The zero-order valence-corrected chi connectivity index (χ0v) is 9.43. The second-order valence-electron chi connectivity index (χ2n) is 2.41. The van der Waals surface area contributed by atoms with Gasteiger partial charge in [0.1, 0.15) is 0 Å². The summed E-state index contributed by atoms with van der Waals surface area (Å²) in [6, 6.07) is 0. The number of hydrogen-bond acceptors (Lipinski definition) is 0. The van der Waals surface area contributed by atoms with Crippen LogP contribution in [0.2, 0.25) is 0 Å². The summed E-state index contributed by atoms with van der Waals surface area (Å²) >= 11 is 0. The SMILES string of the molecule is CC1=[C-]C(C)C=C1C.F.F.[Zr]. The van der Waals surface area contributed by atoms with Crippen LogP contribution < -0.4 is 0 Å². The van der Waals surface area contributed by atoms with E-state index in [9.17, 15) is 0 Å². The van der Waals surface area contributed by atoms with Gasteiger partial charge < -0.3 is 0 Å². The molecule has 0 bridgehead atoms. The molecule has 0 radical (unpaired) electrons. The second-order valence-corrected chi connectivity index (χ2v) is 2.41. The summed E-state index contributed by atoms with van der Waals surface area (Å²) in [6.07, 6.45) is 5.52. The zero-order chi connectivity index (χ0) is 6.15. The Morgan fingerprint density at radius 1 is 1.27 bits per heavy atom. The van der Waals surface area contributed by atoms with Crippen LogP contribution in [0.5, 0.6) is 0 Å². The fraction of sp³-hybridized carbons (Fsp3) is 0.500. The second kappa shape index (κ2) is 6.90. The van der Waals surface area contributed by atoms with Gasteiger partial charge in [0, 0.05) is 26.2 Å². The molecule has 0 aromatic rings. The Labute approximate surface area is 85.6 Å². The third kappa shape index (κ3) is 4.63. The molecule has 1 unspecified atom stereocenters. The van der Waals surface area contributed by atoms with Crippen LogP contribution in [0.3, 0.4) is 0 Å². The number of halogens is 2. The molecule has 1 rings (SSSR count). The molecule has 0 saturated heterocycles. The Morgan fingerprint density at radius 3 is 1.82 bits per heavy atom. The fourth-order valence-electron chi connectivity index (χ4n) is 0.997. The van der Waals surface area contributed by atoms with E-state index >= 15 is 0 Å². The molecule has 0 heterocycles. The summed E-state index contributed by atoms with van der Waals surface area (Å²) in [7, 11) is 0. The number of hydrogen-bond donors (Lipinski definition) is 0. The summed E-state index contributed by atoms with van der Waals surface area (Å²) < 4.78 is 0. The van der Waals surface area contributed by atoms with E-state index < -0.39 is 0 Å². The van der Waals surface area contributed by atoms with Gasteiger partial charge in [-0.15, -0.1) is 6.92 Å². The molecule has 0 nitrogen and oxygen atoms in total. The maximum atomic E-state index is 3.29. The molecule has 11 heavy (non-hydrogen) atoms. The largest absolute Gasteiger partial charge is 0.269 e. The van der Waals surface area contributed by atoms with Gasteiger partial charge in [0.15, 0.2) is 0 Å². The van der Waals surface area contributed by atoms with Crippen LogP contribution in [0, 0.1) is 12.0 Å². The quantitative estimate of drug-likeness (QED) is 0.569. The van der Waals surface area contributed by atoms with E-state index in [4.69, 9.17) is 0 Å². The minimum absolute atomic E-state index is 0. The van der Waals surface area contributed by atoms with Crippen LogP contribution in [0.15, 0.2) is 17.2 Å². The summed E-state index contributed by atoms with van der Waals surface area (Å²) in [4.78, 5) is 0. The van der Waals surface area contributed by atoms with Crippen LogP contribution in [-0.2, 0) is 26.2 Å². The Kier molecular flexibility index (Phi) is 10.9. The van der Waals surface area contributed by atoms with E-state index in [0.717, 1.165) is 0 Å².